The van der Waals surface area contributed by atoms with Crippen LogP contribution in [0.4, 0.5) is 0 Å². The summed E-state index contributed by atoms with van der Waals surface area (Å²) in [6.45, 7) is 1.97. The first-order valence-electron chi connectivity index (χ1n) is 6.03. The van der Waals surface area contributed by atoms with Gasteiger partial charge in [-0.3, -0.25) is 5.84 Å². The molecule has 0 saturated carbocycles. The van der Waals surface area contributed by atoms with Crippen molar-refractivity contribution < 1.29 is 9.47 Å². The minimum atomic E-state index is -0.220. The number of nitrogens with one attached hydrogen (secondary N) is 1. The zero-order valence-electron chi connectivity index (χ0n) is 11.6. The van der Waals surface area contributed by atoms with E-state index in [1.807, 2.05) is 30.5 Å². The van der Waals surface area contributed by atoms with Gasteiger partial charge in [0.05, 0.1) is 25.3 Å². The zero-order valence-corrected chi connectivity index (χ0v) is 13.1. The van der Waals surface area contributed by atoms with Gasteiger partial charge in [0, 0.05) is 16.5 Å². The lowest BCUT2D eigenvalue weighted by Gasteiger charge is -2.19. The molecule has 3 N–H and O–H groups in total. The number of halogens is 1. The summed E-state index contributed by atoms with van der Waals surface area (Å²) >= 11 is 7.91. The van der Waals surface area contributed by atoms with Crippen molar-refractivity contribution in [2.45, 2.75) is 13.0 Å². The highest BCUT2D eigenvalue weighted by molar-refractivity contribution is 7.10. The third-order valence-corrected chi connectivity index (χ3v) is 4.88. The van der Waals surface area contributed by atoms with Crippen LogP contribution in [0.5, 0.6) is 11.5 Å². The Kier molecular flexibility index (Phi) is 4.88. The second-order valence-electron chi connectivity index (χ2n) is 4.30. The van der Waals surface area contributed by atoms with Crippen LogP contribution in [-0.2, 0) is 0 Å². The van der Waals surface area contributed by atoms with E-state index in [1.54, 1.807) is 25.6 Å². The fourth-order valence-corrected chi connectivity index (χ4v) is 3.39. The van der Waals surface area contributed by atoms with E-state index < -0.39 is 0 Å². The molecule has 1 atom stereocenters. The summed E-state index contributed by atoms with van der Waals surface area (Å²) in [6, 6.07) is 5.40. The molecule has 4 nitrogen and oxygen atoms in total. The van der Waals surface area contributed by atoms with Crippen molar-refractivity contribution in [2.24, 2.45) is 5.84 Å². The summed E-state index contributed by atoms with van der Waals surface area (Å²) in [5, 5.41) is 2.74. The Morgan fingerprint density at radius 1 is 1.30 bits per heavy atom. The molecule has 20 heavy (non-hydrogen) atoms. The maximum absolute atomic E-state index is 6.34. The molecule has 0 saturated heterocycles. The molecule has 6 heteroatoms. The normalized spacial score (nSPS) is 12.2. The number of methoxy groups -OCH3 is 2. The molecule has 1 unspecified atom stereocenters. The fraction of sp³-hybridized carbons (Fsp3) is 0.286. The molecule has 0 amide bonds. The van der Waals surface area contributed by atoms with Crippen molar-refractivity contribution in [3.8, 4) is 11.5 Å². The predicted molar refractivity (Wildman–Crippen MR) is 82.8 cm³/mol. The van der Waals surface area contributed by atoms with E-state index in [4.69, 9.17) is 26.9 Å². The number of ether oxygens (including phenoxy) is 2. The van der Waals surface area contributed by atoms with Gasteiger partial charge in [0.15, 0.2) is 0 Å². The molecule has 0 aliphatic rings. The number of thiophene rings is 1. The number of benzene rings is 1. The number of hydrogen-bond donors (Lipinski definition) is 2. The van der Waals surface area contributed by atoms with Crippen LogP contribution in [0.3, 0.4) is 0 Å². The molecule has 2 rings (SSSR count). The van der Waals surface area contributed by atoms with Gasteiger partial charge < -0.3 is 9.47 Å². The van der Waals surface area contributed by atoms with Crippen molar-refractivity contribution in [1.29, 1.82) is 0 Å². The molecule has 1 heterocycles. The van der Waals surface area contributed by atoms with E-state index in [2.05, 4.69) is 5.43 Å². The van der Waals surface area contributed by atoms with E-state index in [0.29, 0.717) is 5.75 Å². The van der Waals surface area contributed by atoms with Gasteiger partial charge in [0.25, 0.3) is 0 Å². The maximum Gasteiger partial charge on any atom is 0.127 e. The molecule has 2 aromatic rings. The second-order valence-corrected chi connectivity index (χ2v) is 5.59. The first-order valence-corrected chi connectivity index (χ1v) is 7.29. The van der Waals surface area contributed by atoms with Crippen LogP contribution in [0.1, 0.15) is 22.0 Å². The summed E-state index contributed by atoms with van der Waals surface area (Å²) in [6.07, 6.45) is 0. The van der Waals surface area contributed by atoms with Crippen molar-refractivity contribution in [3.05, 3.63) is 44.6 Å². The van der Waals surface area contributed by atoms with Gasteiger partial charge in [-0.2, -0.15) is 0 Å². The van der Waals surface area contributed by atoms with Gasteiger partial charge in [-0.15, -0.1) is 11.3 Å². The van der Waals surface area contributed by atoms with Gasteiger partial charge in [0.2, 0.25) is 0 Å². The SMILES string of the molecule is COc1ccc(C(NN)c2scc(C)c2Cl)c(OC)c1. The maximum atomic E-state index is 6.34. The van der Waals surface area contributed by atoms with Gasteiger partial charge in [-0.25, -0.2) is 5.43 Å². The van der Waals surface area contributed by atoms with Crippen LogP contribution in [-0.4, -0.2) is 14.2 Å². The highest BCUT2D eigenvalue weighted by atomic mass is 35.5. The van der Waals surface area contributed by atoms with Crippen LogP contribution < -0.4 is 20.7 Å². The van der Waals surface area contributed by atoms with Crippen LogP contribution >= 0.6 is 22.9 Å². The molecule has 0 radical (unpaired) electrons. The van der Waals surface area contributed by atoms with Crippen molar-refractivity contribution in [1.82, 2.24) is 5.43 Å². The molecule has 0 spiro atoms. The minimum absolute atomic E-state index is 0.220. The van der Waals surface area contributed by atoms with Crippen LogP contribution in [0.15, 0.2) is 23.6 Å². The number of aryl methyl sites for hydroxylation is 1. The van der Waals surface area contributed by atoms with Gasteiger partial charge in [-0.05, 0) is 30.0 Å². The predicted octanol–water partition coefficient (Wildman–Crippen LogP) is 3.28. The number of rotatable bonds is 5. The Labute approximate surface area is 127 Å². The topological polar surface area (TPSA) is 56.5 Å². The van der Waals surface area contributed by atoms with Crippen LogP contribution in [0.2, 0.25) is 5.02 Å². The van der Waals surface area contributed by atoms with Crippen molar-refractivity contribution in [2.75, 3.05) is 14.2 Å². The first kappa shape index (κ1) is 15.1. The van der Waals surface area contributed by atoms with E-state index in [-0.39, 0.29) is 6.04 Å². The highest BCUT2D eigenvalue weighted by Gasteiger charge is 2.22. The average Bonchev–Trinajstić information content (AvgIpc) is 2.80. The quantitative estimate of drug-likeness (QED) is 0.657. The third kappa shape index (κ3) is 2.76. The lowest BCUT2D eigenvalue weighted by molar-refractivity contribution is 0.388. The molecular formula is C14H17ClN2O2S. The molecule has 0 fully saturated rings. The summed E-state index contributed by atoms with van der Waals surface area (Å²) < 4.78 is 10.6. The summed E-state index contributed by atoms with van der Waals surface area (Å²) in [7, 11) is 3.24. The molecular weight excluding hydrogens is 296 g/mol. The van der Waals surface area contributed by atoms with E-state index >= 15 is 0 Å². The molecule has 0 aliphatic heterocycles. The van der Waals surface area contributed by atoms with Gasteiger partial charge in [-0.1, -0.05) is 11.6 Å². The Morgan fingerprint density at radius 2 is 2.05 bits per heavy atom. The van der Waals surface area contributed by atoms with Gasteiger partial charge in [0.1, 0.15) is 11.5 Å². The van der Waals surface area contributed by atoms with Crippen molar-refractivity contribution >= 4 is 22.9 Å². The Hall–Kier alpha value is -1.27. The smallest absolute Gasteiger partial charge is 0.127 e. The van der Waals surface area contributed by atoms with Gasteiger partial charge >= 0.3 is 0 Å². The third-order valence-electron chi connectivity index (χ3n) is 3.11. The monoisotopic (exact) mass is 312 g/mol. The van der Waals surface area contributed by atoms with E-state index in [0.717, 1.165) is 26.8 Å². The molecule has 0 aliphatic carbocycles. The second kappa shape index (κ2) is 6.45. The molecule has 1 aromatic carbocycles. The number of hydrazine groups is 1. The standard InChI is InChI=1S/C14H17ClN2O2S/c1-8-7-20-14(12(8)15)13(17-16)10-5-4-9(18-2)6-11(10)19-3/h4-7,13,17H,16H2,1-3H3. The van der Waals surface area contributed by atoms with E-state index in [1.165, 1.54) is 0 Å². The van der Waals surface area contributed by atoms with Crippen molar-refractivity contribution in [3.63, 3.8) is 0 Å². The fourth-order valence-electron chi connectivity index (χ4n) is 2.01. The number of hydrogen-bond acceptors (Lipinski definition) is 5. The highest BCUT2D eigenvalue weighted by Crippen LogP contribution is 2.39. The first-order chi connectivity index (χ1) is 9.62. The molecule has 108 valence electrons. The lowest BCUT2D eigenvalue weighted by atomic mass is 10.0. The Balaban J connectivity index is 2.49. The minimum Gasteiger partial charge on any atom is -0.497 e. The summed E-state index contributed by atoms with van der Waals surface area (Å²) in [5.74, 6) is 7.15. The molecule has 0 bridgehead atoms. The summed E-state index contributed by atoms with van der Waals surface area (Å²) in [4.78, 5) is 0.968. The average molecular weight is 313 g/mol. The lowest BCUT2D eigenvalue weighted by Crippen LogP contribution is -2.28. The largest absolute Gasteiger partial charge is 0.497 e. The Bertz CT molecular complexity index is 601. The summed E-state index contributed by atoms with van der Waals surface area (Å²) in [5.41, 5.74) is 4.76. The van der Waals surface area contributed by atoms with Crippen LogP contribution in [0, 0.1) is 6.92 Å². The Morgan fingerprint density at radius 3 is 2.55 bits per heavy atom. The molecule has 1 aromatic heterocycles. The van der Waals surface area contributed by atoms with Crippen LogP contribution in [0.25, 0.3) is 0 Å². The van der Waals surface area contributed by atoms with E-state index in [9.17, 15) is 0 Å². The zero-order chi connectivity index (χ0) is 14.7. The number of nitrogens with two attached hydrogens (primary N) is 1.